The molecule has 1 atom stereocenters. The number of likely N-dealkylation sites (tertiary alicyclic amines) is 2. The Labute approximate surface area is 184 Å². The van der Waals surface area contributed by atoms with Crippen LogP contribution in [0.4, 0.5) is 0 Å². The summed E-state index contributed by atoms with van der Waals surface area (Å²) in [6.07, 6.45) is 7.99. The van der Waals surface area contributed by atoms with E-state index in [9.17, 15) is 0 Å². The van der Waals surface area contributed by atoms with Crippen molar-refractivity contribution in [3.05, 3.63) is 30.2 Å². The lowest BCUT2D eigenvalue weighted by Crippen LogP contribution is -2.41. The minimum atomic E-state index is 0. The number of hydrogen-bond acceptors (Lipinski definition) is 4. The van der Waals surface area contributed by atoms with Crippen LogP contribution in [0.1, 0.15) is 31.5 Å². The molecule has 0 amide bonds. The zero-order valence-corrected chi connectivity index (χ0v) is 19.1. The van der Waals surface area contributed by atoms with Crippen LogP contribution >= 0.6 is 24.0 Å². The molecule has 1 N–H and O–H groups in total. The van der Waals surface area contributed by atoms with Crippen molar-refractivity contribution in [2.75, 3.05) is 46.3 Å². The molecule has 0 radical (unpaired) electrons. The molecule has 7 nitrogen and oxygen atoms in total. The molecule has 1 unspecified atom stereocenters. The van der Waals surface area contributed by atoms with Gasteiger partial charge in [0.05, 0.1) is 0 Å². The largest absolute Gasteiger partial charge is 0.356 e. The summed E-state index contributed by atoms with van der Waals surface area (Å²) in [5.41, 5.74) is 0.914. The van der Waals surface area contributed by atoms with Crippen molar-refractivity contribution in [3.63, 3.8) is 0 Å². The standard InChI is InChI=1S/C20H31N7.HI/c1-21-20(26-14-9-17(16-26)15-25-11-4-5-12-25)22-10-6-8-19-24-23-18-7-2-3-13-27(18)19;/h2-3,7,13,17H,4-6,8-12,14-16H2,1H3,(H,21,22);1H. The summed E-state index contributed by atoms with van der Waals surface area (Å²) in [5, 5.41) is 12.1. The summed E-state index contributed by atoms with van der Waals surface area (Å²) < 4.78 is 2.07. The monoisotopic (exact) mass is 497 g/mol. The van der Waals surface area contributed by atoms with Crippen LogP contribution in [0.2, 0.25) is 0 Å². The molecule has 28 heavy (non-hydrogen) atoms. The van der Waals surface area contributed by atoms with E-state index in [-0.39, 0.29) is 24.0 Å². The average Bonchev–Trinajstić information content (AvgIpc) is 3.44. The lowest BCUT2D eigenvalue weighted by Gasteiger charge is -2.23. The van der Waals surface area contributed by atoms with E-state index in [4.69, 9.17) is 0 Å². The van der Waals surface area contributed by atoms with Crippen LogP contribution in [0, 0.1) is 5.92 Å². The van der Waals surface area contributed by atoms with Gasteiger partial charge in [-0.3, -0.25) is 9.39 Å². The number of halogens is 1. The van der Waals surface area contributed by atoms with E-state index in [2.05, 4.69) is 34.7 Å². The number of aromatic nitrogens is 3. The Bertz CT molecular complexity index is 769. The van der Waals surface area contributed by atoms with Crippen LogP contribution < -0.4 is 5.32 Å². The molecule has 2 saturated heterocycles. The Morgan fingerprint density at radius 1 is 1.21 bits per heavy atom. The third-order valence-electron chi connectivity index (χ3n) is 5.76. The molecule has 4 heterocycles. The van der Waals surface area contributed by atoms with Crippen molar-refractivity contribution in [3.8, 4) is 0 Å². The Hall–Kier alpha value is -1.42. The number of aryl methyl sites for hydroxylation is 1. The Balaban J connectivity index is 0.00000225. The van der Waals surface area contributed by atoms with Crippen LogP contribution in [0.3, 0.4) is 0 Å². The normalized spacial score (nSPS) is 20.7. The van der Waals surface area contributed by atoms with Crippen molar-refractivity contribution < 1.29 is 0 Å². The zero-order valence-electron chi connectivity index (χ0n) is 16.8. The number of hydrogen-bond donors (Lipinski definition) is 1. The van der Waals surface area contributed by atoms with Gasteiger partial charge in [-0.1, -0.05) is 6.07 Å². The molecule has 0 aliphatic carbocycles. The molecular formula is C20H32IN7. The first-order valence-electron chi connectivity index (χ1n) is 10.3. The van der Waals surface area contributed by atoms with E-state index >= 15 is 0 Å². The maximum absolute atomic E-state index is 4.51. The molecule has 2 aromatic rings. The summed E-state index contributed by atoms with van der Waals surface area (Å²) in [6, 6.07) is 6.00. The molecule has 0 saturated carbocycles. The van der Waals surface area contributed by atoms with Crippen LogP contribution in [-0.2, 0) is 6.42 Å². The molecule has 4 rings (SSSR count). The van der Waals surface area contributed by atoms with E-state index in [1.807, 2.05) is 31.4 Å². The van der Waals surface area contributed by atoms with Gasteiger partial charge in [-0.25, -0.2) is 0 Å². The zero-order chi connectivity index (χ0) is 18.5. The van der Waals surface area contributed by atoms with E-state index < -0.39 is 0 Å². The molecule has 2 fully saturated rings. The number of guanidine groups is 1. The van der Waals surface area contributed by atoms with Crippen molar-refractivity contribution in [1.82, 2.24) is 29.7 Å². The third kappa shape index (κ3) is 5.14. The second-order valence-corrected chi connectivity index (χ2v) is 7.73. The van der Waals surface area contributed by atoms with Crippen LogP contribution in [0.25, 0.3) is 5.65 Å². The van der Waals surface area contributed by atoms with E-state index in [1.165, 1.54) is 38.9 Å². The van der Waals surface area contributed by atoms with Gasteiger partial charge in [-0.15, -0.1) is 34.2 Å². The first-order chi connectivity index (χ1) is 13.3. The lowest BCUT2D eigenvalue weighted by atomic mass is 10.1. The number of nitrogens with zero attached hydrogens (tertiary/aromatic N) is 6. The molecule has 0 aromatic carbocycles. The predicted molar refractivity (Wildman–Crippen MR) is 123 cm³/mol. The molecule has 8 heteroatoms. The lowest BCUT2D eigenvalue weighted by molar-refractivity contribution is 0.281. The van der Waals surface area contributed by atoms with Gasteiger partial charge in [0.2, 0.25) is 0 Å². The maximum atomic E-state index is 4.51. The molecular weight excluding hydrogens is 465 g/mol. The van der Waals surface area contributed by atoms with Gasteiger partial charge in [0.1, 0.15) is 5.82 Å². The van der Waals surface area contributed by atoms with E-state index in [0.717, 1.165) is 55.8 Å². The first-order valence-corrected chi connectivity index (χ1v) is 10.3. The number of aliphatic imine (C=N–C) groups is 1. The number of pyridine rings is 1. The third-order valence-corrected chi connectivity index (χ3v) is 5.76. The highest BCUT2D eigenvalue weighted by atomic mass is 127. The van der Waals surface area contributed by atoms with Gasteiger partial charge in [0.15, 0.2) is 11.6 Å². The quantitative estimate of drug-likeness (QED) is 0.287. The molecule has 0 bridgehead atoms. The van der Waals surface area contributed by atoms with Gasteiger partial charge in [-0.2, -0.15) is 0 Å². The molecule has 2 aliphatic rings. The highest BCUT2D eigenvalue weighted by Gasteiger charge is 2.27. The first kappa shape index (κ1) is 21.3. The van der Waals surface area contributed by atoms with Crippen molar-refractivity contribution in [2.24, 2.45) is 10.9 Å². The van der Waals surface area contributed by atoms with Gasteiger partial charge >= 0.3 is 0 Å². The van der Waals surface area contributed by atoms with Gasteiger partial charge in [0.25, 0.3) is 0 Å². The second-order valence-electron chi connectivity index (χ2n) is 7.73. The second kappa shape index (κ2) is 10.4. The minimum absolute atomic E-state index is 0. The van der Waals surface area contributed by atoms with Crippen LogP contribution in [0.5, 0.6) is 0 Å². The summed E-state index contributed by atoms with van der Waals surface area (Å²) in [4.78, 5) is 9.56. The fourth-order valence-electron chi connectivity index (χ4n) is 4.34. The summed E-state index contributed by atoms with van der Waals surface area (Å²) in [5.74, 6) is 2.85. The van der Waals surface area contributed by atoms with E-state index in [0.29, 0.717) is 0 Å². The predicted octanol–water partition coefficient (Wildman–Crippen LogP) is 2.27. The summed E-state index contributed by atoms with van der Waals surface area (Å²) in [6.45, 7) is 6.99. The topological polar surface area (TPSA) is 61.1 Å². The highest BCUT2D eigenvalue weighted by Crippen LogP contribution is 2.20. The highest BCUT2D eigenvalue weighted by molar-refractivity contribution is 14.0. The van der Waals surface area contributed by atoms with Gasteiger partial charge < -0.3 is 15.1 Å². The van der Waals surface area contributed by atoms with Crippen molar-refractivity contribution in [2.45, 2.75) is 32.1 Å². The fourth-order valence-corrected chi connectivity index (χ4v) is 4.34. The molecule has 154 valence electrons. The average molecular weight is 497 g/mol. The van der Waals surface area contributed by atoms with Crippen molar-refractivity contribution in [1.29, 1.82) is 0 Å². The Kier molecular flexibility index (Phi) is 7.90. The van der Waals surface area contributed by atoms with Crippen LogP contribution in [-0.4, -0.2) is 76.7 Å². The minimum Gasteiger partial charge on any atom is -0.356 e. The van der Waals surface area contributed by atoms with Gasteiger partial charge in [-0.05, 0) is 56.8 Å². The van der Waals surface area contributed by atoms with Gasteiger partial charge in [0, 0.05) is 45.8 Å². The number of rotatable bonds is 6. The molecule has 2 aromatic heterocycles. The van der Waals surface area contributed by atoms with Crippen LogP contribution in [0.15, 0.2) is 29.4 Å². The smallest absolute Gasteiger partial charge is 0.193 e. The maximum Gasteiger partial charge on any atom is 0.193 e. The molecule has 0 spiro atoms. The Morgan fingerprint density at radius 2 is 2.07 bits per heavy atom. The Morgan fingerprint density at radius 3 is 2.89 bits per heavy atom. The summed E-state index contributed by atoms with van der Waals surface area (Å²) in [7, 11) is 1.89. The fraction of sp³-hybridized carbons (Fsp3) is 0.650. The number of nitrogens with one attached hydrogen (secondary N) is 1. The SMILES string of the molecule is CN=C(NCCCc1nnc2ccccn12)N1CCC(CN2CCCC2)C1.I. The summed E-state index contributed by atoms with van der Waals surface area (Å²) >= 11 is 0. The number of fused-ring (bicyclic) bond motifs is 1. The van der Waals surface area contributed by atoms with E-state index in [1.54, 1.807) is 0 Å². The molecule has 2 aliphatic heterocycles. The van der Waals surface area contributed by atoms with Crippen molar-refractivity contribution >= 4 is 35.6 Å².